The second-order valence-corrected chi connectivity index (χ2v) is 4.53. The zero-order chi connectivity index (χ0) is 11.5. The van der Waals surface area contributed by atoms with Crippen molar-refractivity contribution in [2.24, 2.45) is 0 Å². The van der Waals surface area contributed by atoms with E-state index in [2.05, 4.69) is 31.2 Å². The van der Waals surface area contributed by atoms with Crippen LogP contribution >= 0.6 is 27.5 Å². The van der Waals surface area contributed by atoms with Gasteiger partial charge in [-0.3, -0.25) is 0 Å². The third-order valence-electron chi connectivity index (χ3n) is 2.08. The molecule has 0 saturated heterocycles. The Labute approximate surface area is 107 Å². The second kappa shape index (κ2) is 4.80. The molecule has 0 atom stereocenters. The molecule has 5 heteroatoms. The maximum atomic E-state index is 6.03. The zero-order valence-electron chi connectivity index (χ0n) is 8.54. The lowest BCUT2D eigenvalue weighted by atomic mass is 10.2. The zero-order valence-corrected chi connectivity index (χ0v) is 10.9. The van der Waals surface area contributed by atoms with Gasteiger partial charge in [-0.15, -0.1) is 0 Å². The van der Waals surface area contributed by atoms with Crippen molar-refractivity contribution >= 4 is 39.0 Å². The Hall–Kier alpha value is -1.13. The summed E-state index contributed by atoms with van der Waals surface area (Å²) in [7, 11) is 0. The maximum Gasteiger partial charge on any atom is 0.134 e. The van der Waals surface area contributed by atoms with Gasteiger partial charge in [-0.25, -0.2) is 9.97 Å². The number of anilines is 2. The summed E-state index contributed by atoms with van der Waals surface area (Å²) >= 11 is 9.31. The van der Waals surface area contributed by atoms with Gasteiger partial charge in [-0.05, 0) is 40.5 Å². The van der Waals surface area contributed by atoms with E-state index < -0.39 is 0 Å². The third-order valence-corrected chi connectivity index (χ3v) is 2.92. The minimum Gasteiger partial charge on any atom is -0.340 e. The molecule has 0 bridgehead atoms. The summed E-state index contributed by atoms with van der Waals surface area (Å²) in [6.45, 7) is 1.97. The Morgan fingerprint density at radius 3 is 2.75 bits per heavy atom. The molecule has 16 heavy (non-hydrogen) atoms. The van der Waals surface area contributed by atoms with Gasteiger partial charge in [0.1, 0.15) is 16.7 Å². The van der Waals surface area contributed by atoms with E-state index in [1.807, 2.05) is 25.1 Å². The summed E-state index contributed by atoms with van der Waals surface area (Å²) in [5, 5.41) is 3.88. The lowest BCUT2D eigenvalue weighted by Crippen LogP contribution is -1.94. The topological polar surface area (TPSA) is 37.8 Å². The standard InChI is InChI=1S/C11H9BrClN3/c1-7-2-3-8(4-9(7)13)16-11-5-10(12)14-6-15-11/h2-6H,1H3,(H,14,15,16). The number of benzene rings is 1. The van der Waals surface area contributed by atoms with E-state index in [-0.39, 0.29) is 0 Å². The van der Waals surface area contributed by atoms with Gasteiger partial charge in [0.15, 0.2) is 0 Å². The molecule has 1 N–H and O–H groups in total. The van der Waals surface area contributed by atoms with Crippen LogP contribution in [0.15, 0.2) is 35.2 Å². The highest BCUT2D eigenvalue weighted by Gasteiger charge is 2.00. The molecule has 0 unspecified atom stereocenters. The van der Waals surface area contributed by atoms with Gasteiger partial charge >= 0.3 is 0 Å². The molecule has 0 fully saturated rings. The maximum absolute atomic E-state index is 6.03. The molecular weight excluding hydrogens is 289 g/mol. The summed E-state index contributed by atoms with van der Waals surface area (Å²) in [4.78, 5) is 8.04. The van der Waals surface area contributed by atoms with Crippen LogP contribution in [0.1, 0.15) is 5.56 Å². The predicted molar refractivity (Wildman–Crippen MR) is 69.2 cm³/mol. The molecule has 1 heterocycles. The number of nitrogens with one attached hydrogen (secondary N) is 1. The van der Waals surface area contributed by atoms with Crippen LogP contribution in [-0.4, -0.2) is 9.97 Å². The van der Waals surface area contributed by atoms with Gasteiger partial charge in [0.2, 0.25) is 0 Å². The molecule has 0 aliphatic heterocycles. The molecule has 0 aliphatic rings. The van der Waals surface area contributed by atoms with Gasteiger partial charge in [0.05, 0.1) is 0 Å². The Morgan fingerprint density at radius 2 is 2.06 bits per heavy atom. The average Bonchev–Trinajstić information content (AvgIpc) is 2.24. The van der Waals surface area contributed by atoms with Gasteiger partial charge in [-0.1, -0.05) is 17.7 Å². The first kappa shape index (κ1) is 11.4. The number of rotatable bonds is 2. The highest BCUT2D eigenvalue weighted by Crippen LogP contribution is 2.22. The summed E-state index contributed by atoms with van der Waals surface area (Å²) in [5.74, 6) is 0.724. The van der Waals surface area contributed by atoms with Crippen LogP contribution in [0, 0.1) is 6.92 Å². The van der Waals surface area contributed by atoms with Crippen LogP contribution in [-0.2, 0) is 0 Å². The van der Waals surface area contributed by atoms with Crippen molar-refractivity contribution in [1.82, 2.24) is 9.97 Å². The number of hydrogen-bond acceptors (Lipinski definition) is 3. The van der Waals surface area contributed by atoms with Gasteiger partial charge < -0.3 is 5.32 Å². The molecule has 0 spiro atoms. The van der Waals surface area contributed by atoms with E-state index in [9.17, 15) is 0 Å². The van der Waals surface area contributed by atoms with E-state index in [4.69, 9.17) is 11.6 Å². The van der Waals surface area contributed by atoms with Gasteiger partial charge in [0.25, 0.3) is 0 Å². The van der Waals surface area contributed by atoms with Crippen molar-refractivity contribution in [2.75, 3.05) is 5.32 Å². The van der Waals surface area contributed by atoms with E-state index in [0.717, 1.165) is 26.7 Å². The van der Waals surface area contributed by atoms with Crippen LogP contribution < -0.4 is 5.32 Å². The number of aromatic nitrogens is 2. The normalized spacial score (nSPS) is 10.2. The molecule has 1 aromatic carbocycles. The van der Waals surface area contributed by atoms with Crippen LogP contribution in [0.4, 0.5) is 11.5 Å². The third kappa shape index (κ3) is 2.71. The van der Waals surface area contributed by atoms with Gasteiger partial charge in [0, 0.05) is 16.8 Å². The highest BCUT2D eigenvalue weighted by atomic mass is 79.9. The van der Waals surface area contributed by atoms with Crippen molar-refractivity contribution in [3.05, 3.63) is 45.8 Å². The van der Waals surface area contributed by atoms with Crippen molar-refractivity contribution in [2.45, 2.75) is 6.92 Å². The molecular formula is C11H9BrClN3. The Morgan fingerprint density at radius 1 is 1.25 bits per heavy atom. The summed E-state index contributed by atoms with van der Waals surface area (Å²) in [5.41, 5.74) is 1.96. The SMILES string of the molecule is Cc1ccc(Nc2cc(Br)ncn2)cc1Cl. The molecule has 0 aliphatic carbocycles. The average molecular weight is 299 g/mol. The first-order valence-electron chi connectivity index (χ1n) is 4.66. The smallest absolute Gasteiger partial charge is 0.134 e. The van der Waals surface area contributed by atoms with Crippen LogP contribution in [0.5, 0.6) is 0 Å². The van der Waals surface area contributed by atoms with Crippen molar-refractivity contribution in [3.8, 4) is 0 Å². The van der Waals surface area contributed by atoms with E-state index in [0.29, 0.717) is 0 Å². The largest absolute Gasteiger partial charge is 0.340 e. The number of nitrogens with zero attached hydrogens (tertiary/aromatic N) is 2. The molecule has 0 saturated carbocycles. The minimum absolute atomic E-state index is 0.724. The molecule has 82 valence electrons. The number of halogens is 2. The molecule has 3 nitrogen and oxygen atoms in total. The predicted octanol–water partition coefficient (Wildman–Crippen LogP) is 3.94. The van der Waals surface area contributed by atoms with Crippen molar-refractivity contribution < 1.29 is 0 Å². The Balaban J connectivity index is 2.24. The fourth-order valence-corrected chi connectivity index (χ4v) is 1.71. The van der Waals surface area contributed by atoms with Crippen LogP contribution in [0.25, 0.3) is 0 Å². The summed E-state index contributed by atoms with van der Waals surface area (Å²) < 4.78 is 0.739. The van der Waals surface area contributed by atoms with Gasteiger partial charge in [-0.2, -0.15) is 0 Å². The monoisotopic (exact) mass is 297 g/mol. The van der Waals surface area contributed by atoms with E-state index >= 15 is 0 Å². The summed E-state index contributed by atoms with van der Waals surface area (Å²) in [6.07, 6.45) is 1.49. The fourth-order valence-electron chi connectivity index (χ4n) is 1.22. The quantitative estimate of drug-likeness (QED) is 0.853. The molecule has 2 rings (SSSR count). The first-order chi connectivity index (χ1) is 7.65. The lowest BCUT2D eigenvalue weighted by Gasteiger charge is -2.06. The van der Waals surface area contributed by atoms with E-state index in [1.54, 1.807) is 6.07 Å². The second-order valence-electron chi connectivity index (χ2n) is 3.31. The van der Waals surface area contributed by atoms with Crippen molar-refractivity contribution in [1.29, 1.82) is 0 Å². The fraction of sp³-hybridized carbons (Fsp3) is 0.0909. The highest BCUT2D eigenvalue weighted by molar-refractivity contribution is 9.10. The minimum atomic E-state index is 0.724. The molecule has 0 radical (unpaired) electrons. The van der Waals surface area contributed by atoms with Crippen molar-refractivity contribution in [3.63, 3.8) is 0 Å². The van der Waals surface area contributed by atoms with Crippen LogP contribution in [0.3, 0.4) is 0 Å². The number of aryl methyl sites for hydroxylation is 1. The molecule has 2 aromatic rings. The Bertz CT molecular complexity index is 516. The molecule has 0 amide bonds. The lowest BCUT2D eigenvalue weighted by molar-refractivity contribution is 1.14. The van der Waals surface area contributed by atoms with E-state index in [1.165, 1.54) is 6.33 Å². The first-order valence-corrected chi connectivity index (χ1v) is 5.83. The Kier molecular flexibility index (Phi) is 3.41. The van der Waals surface area contributed by atoms with Crippen LogP contribution in [0.2, 0.25) is 5.02 Å². The molecule has 1 aromatic heterocycles. The number of hydrogen-bond donors (Lipinski definition) is 1. The summed E-state index contributed by atoms with van der Waals surface area (Å²) in [6, 6.07) is 7.58.